The molecule has 0 aliphatic rings. The summed E-state index contributed by atoms with van der Waals surface area (Å²) in [5.74, 6) is -0.929. The van der Waals surface area contributed by atoms with Gasteiger partial charge in [-0.1, -0.05) is 0 Å². The van der Waals surface area contributed by atoms with E-state index in [1.54, 1.807) is 0 Å². The van der Waals surface area contributed by atoms with Crippen molar-refractivity contribution in [3.63, 3.8) is 0 Å². The number of nitrogen functional groups attached to an aromatic ring is 1. The van der Waals surface area contributed by atoms with Gasteiger partial charge in [-0.15, -0.1) is 0 Å². The summed E-state index contributed by atoms with van der Waals surface area (Å²) in [4.78, 5) is 41.1. The molecule has 4 aromatic rings. The lowest BCUT2D eigenvalue weighted by Crippen LogP contribution is -2.19. The van der Waals surface area contributed by atoms with E-state index in [0.29, 0.717) is 5.69 Å². The van der Waals surface area contributed by atoms with Crippen molar-refractivity contribution in [2.75, 3.05) is 11.1 Å². The van der Waals surface area contributed by atoms with Gasteiger partial charge in [-0.2, -0.15) is 15.0 Å². The number of halogens is 1. The molecule has 0 radical (unpaired) electrons. The van der Waals surface area contributed by atoms with Gasteiger partial charge >= 0.3 is 5.97 Å². The van der Waals surface area contributed by atoms with Crippen LogP contribution in [0.2, 0.25) is 0 Å². The van der Waals surface area contributed by atoms with Gasteiger partial charge in [0.1, 0.15) is 28.9 Å². The highest BCUT2D eigenvalue weighted by Crippen LogP contribution is 2.22. The van der Waals surface area contributed by atoms with Crippen LogP contribution in [0.15, 0.2) is 39.8 Å². The number of rotatable bonds is 5. The smallest absolute Gasteiger partial charge is 0.343 e. The molecule has 0 amide bonds. The summed E-state index contributed by atoms with van der Waals surface area (Å²) in [6.07, 6.45) is 1.30. The molecule has 0 saturated carbocycles. The van der Waals surface area contributed by atoms with Crippen LogP contribution >= 0.6 is 0 Å². The van der Waals surface area contributed by atoms with Gasteiger partial charge in [0.2, 0.25) is 17.6 Å². The Morgan fingerprint density at radius 2 is 2.00 bits per heavy atom. The fourth-order valence-corrected chi connectivity index (χ4v) is 2.86. The molecule has 31 heavy (non-hydrogen) atoms. The van der Waals surface area contributed by atoms with Crippen molar-refractivity contribution >= 4 is 34.7 Å². The first-order valence-electron chi connectivity index (χ1n) is 8.96. The predicted molar refractivity (Wildman–Crippen MR) is 107 cm³/mol. The maximum Gasteiger partial charge on any atom is 0.343 e. The van der Waals surface area contributed by atoms with Crippen molar-refractivity contribution < 1.29 is 18.3 Å². The highest BCUT2D eigenvalue weighted by Gasteiger charge is 2.24. The molecule has 0 aliphatic carbocycles. The number of benzene rings is 1. The van der Waals surface area contributed by atoms with Gasteiger partial charge < -0.3 is 24.8 Å². The Kier molecular flexibility index (Phi) is 5.03. The Labute approximate surface area is 173 Å². The van der Waals surface area contributed by atoms with E-state index in [0.717, 1.165) is 0 Å². The van der Waals surface area contributed by atoms with Gasteiger partial charge in [-0.25, -0.2) is 14.2 Å². The van der Waals surface area contributed by atoms with Crippen molar-refractivity contribution in [2.45, 2.75) is 13.5 Å². The molecule has 11 nitrogen and oxygen atoms in total. The standard InChI is InChI=1S/C19H16FN7O4/c1-9-13(14-15(31-9)22-8-27(2)16(14)28)17(29)30-7-12-24-18(21)26-19(25-12)23-11-5-3-10(20)4-6-11/h3-6,8H,7H2,1-2H3,(H3,21,23,24,25,26). The number of nitrogens with one attached hydrogen (secondary N) is 1. The summed E-state index contributed by atoms with van der Waals surface area (Å²) >= 11 is 0. The third kappa shape index (κ3) is 4.03. The molecule has 12 heteroatoms. The van der Waals surface area contributed by atoms with Gasteiger partial charge in [0.05, 0.1) is 0 Å². The first kappa shape index (κ1) is 19.9. The zero-order chi connectivity index (χ0) is 22.1. The first-order valence-corrected chi connectivity index (χ1v) is 8.96. The second-order valence-corrected chi connectivity index (χ2v) is 6.52. The highest BCUT2D eigenvalue weighted by atomic mass is 19.1. The first-order chi connectivity index (χ1) is 14.8. The van der Waals surface area contributed by atoms with Gasteiger partial charge in [0.25, 0.3) is 5.56 Å². The van der Waals surface area contributed by atoms with Crippen molar-refractivity contribution in [2.24, 2.45) is 7.05 Å². The van der Waals surface area contributed by atoms with Gasteiger partial charge in [0.15, 0.2) is 12.4 Å². The number of esters is 1. The summed E-state index contributed by atoms with van der Waals surface area (Å²) in [6.45, 7) is 1.19. The largest absolute Gasteiger partial charge is 0.454 e. The number of hydrogen-bond acceptors (Lipinski definition) is 10. The monoisotopic (exact) mass is 425 g/mol. The number of nitrogens with zero attached hydrogens (tertiary/aromatic N) is 5. The van der Waals surface area contributed by atoms with Crippen LogP contribution in [0.25, 0.3) is 11.1 Å². The molecule has 4 rings (SSSR count). The number of carbonyl (C=O) groups is 1. The van der Waals surface area contributed by atoms with Crippen molar-refractivity contribution in [3.8, 4) is 0 Å². The summed E-state index contributed by atoms with van der Waals surface area (Å²) in [6, 6.07) is 5.53. The fourth-order valence-electron chi connectivity index (χ4n) is 2.86. The minimum absolute atomic E-state index is 0.0182. The number of fused-ring (bicyclic) bond motifs is 1. The van der Waals surface area contributed by atoms with E-state index in [-0.39, 0.29) is 52.6 Å². The molecule has 1 aromatic carbocycles. The van der Waals surface area contributed by atoms with Crippen LogP contribution in [0, 0.1) is 12.7 Å². The molecule has 0 saturated heterocycles. The zero-order valence-electron chi connectivity index (χ0n) is 16.4. The Hall–Kier alpha value is -4.35. The Bertz CT molecular complexity index is 1350. The van der Waals surface area contributed by atoms with Crippen LogP contribution < -0.4 is 16.6 Å². The molecule has 3 aromatic heterocycles. The van der Waals surface area contributed by atoms with Crippen LogP contribution in [-0.4, -0.2) is 30.5 Å². The number of furan rings is 1. The van der Waals surface area contributed by atoms with E-state index in [4.69, 9.17) is 14.9 Å². The van der Waals surface area contributed by atoms with E-state index in [9.17, 15) is 14.0 Å². The third-order valence-electron chi connectivity index (χ3n) is 4.28. The summed E-state index contributed by atoms with van der Waals surface area (Å²) in [7, 11) is 1.51. The second kappa shape index (κ2) is 7.82. The number of ether oxygens (including phenoxy) is 1. The topological polar surface area (TPSA) is 151 Å². The van der Waals surface area contributed by atoms with Gasteiger partial charge in [-0.3, -0.25) is 4.79 Å². The highest BCUT2D eigenvalue weighted by molar-refractivity contribution is 6.03. The van der Waals surface area contributed by atoms with Crippen molar-refractivity contribution in [1.29, 1.82) is 0 Å². The van der Waals surface area contributed by atoms with E-state index in [1.165, 1.54) is 49.1 Å². The molecular weight excluding hydrogens is 409 g/mol. The van der Waals surface area contributed by atoms with E-state index < -0.39 is 11.5 Å². The Morgan fingerprint density at radius 1 is 1.26 bits per heavy atom. The maximum atomic E-state index is 13.1. The molecule has 0 unspecified atom stereocenters. The maximum absolute atomic E-state index is 13.1. The van der Waals surface area contributed by atoms with Crippen LogP contribution in [0.1, 0.15) is 21.9 Å². The zero-order valence-corrected chi connectivity index (χ0v) is 16.4. The minimum atomic E-state index is -0.798. The average molecular weight is 425 g/mol. The lowest BCUT2D eigenvalue weighted by atomic mass is 10.2. The average Bonchev–Trinajstić information content (AvgIpc) is 3.07. The van der Waals surface area contributed by atoms with Gasteiger partial charge in [-0.05, 0) is 31.2 Å². The molecule has 3 heterocycles. The minimum Gasteiger partial charge on any atom is -0.454 e. The van der Waals surface area contributed by atoms with Crippen molar-refractivity contribution in [3.05, 3.63) is 63.9 Å². The number of aryl methyl sites for hydroxylation is 2. The van der Waals surface area contributed by atoms with Crippen LogP contribution in [0.5, 0.6) is 0 Å². The van der Waals surface area contributed by atoms with Crippen LogP contribution in [-0.2, 0) is 18.4 Å². The van der Waals surface area contributed by atoms with E-state index in [1.807, 2.05) is 0 Å². The molecule has 158 valence electrons. The fraction of sp³-hybridized carbons (Fsp3) is 0.158. The summed E-state index contributed by atoms with van der Waals surface area (Å²) in [5, 5.41) is 2.89. The Morgan fingerprint density at radius 3 is 2.74 bits per heavy atom. The van der Waals surface area contributed by atoms with E-state index >= 15 is 0 Å². The number of nitrogens with two attached hydrogens (primary N) is 1. The Balaban J connectivity index is 1.55. The normalized spacial score (nSPS) is 10.9. The van der Waals surface area contributed by atoms with Crippen molar-refractivity contribution in [1.82, 2.24) is 24.5 Å². The SMILES string of the molecule is Cc1oc2ncn(C)c(=O)c2c1C(=O)OCc1nc(N)nc(Nc2ccc(F)cc2)n1. The number of carbonyl (C=O) groups excluding carboxylic acids is 1. The predicted octanol–water partition coefficient (Wildman–Crippen LogP) is 1.84. The third-order valence-corrected chi connectivity index (χ3v) is 4.28. The number of aromatic nitrogens is 5. The molecule has 0 atom stereocenters. The molecule has 0 spiro atoms. The van der Waals surface area contributed by atoms with Gasteiger partial charge in [0, 0.05) is 12.7 Å². The van der Waals surface area contributed by atoms with E-state index in [2.05, 4.69) is 25.3 Å². The molecule has 0 aliphatic heterocycles. The summed E-state index contributed by atoms with van der Waals surface area (Å²) in [5.41, 5.74) is 5.82. The quantitative estimate of drug-likeness (QED) is 0.453. The number of hydrogen-bond donors (Lipinski definition) is 2. The molecule has 0 bridgehead atoms. The molecule has 0 fully saturated rings. The lowest BCUT2D eigenvalue weighted by Gasteiger charge is -2.08. The van der Waals surface area contributed by atoms with Crippen LogP contribution in [0.3, 0.4) is 0 Å². The molecular formula is C19H16FN7O4. The summed E-state index contributed by atoms with van der Waals surface area (Å²) < 4.78 is 25.0. The number of anilines is 3. The molecule has 3 N–H and O–H groups in total. The second-order valence-electron chi connectivity index (χ2n) is 6.52. The van der Waals surface area contributed by atoms with Crippen LogP contribution in [0.4, 0.5) is 22.0 Å². The lowest BCUT2D eigenvalue weighted by molar-refractivity contribution is 0.0462.